The van der Waals surface area contributed by atoms with Crippen LogP contribution in [-0.2, 0) is 0 Å². The van der Waals surface area contributed by atoms with Gasteiger partial charge >= 0.3 is 0 Å². The molecule has 0 aromatic heterocycles. The molecule has 3 atom stereocenters. The summed E-state index contributed by atoms with van der Waals surface area (Å²) in [5, 5.41) is 3.75. The van der Waals surface area contributed by atoms with Gasteiger partial charge in [0.25, 0.3) is 0 Å². The number of rotatable bonds is 3. The Morgan fingerprint density at radius 2 is 2.17 bits per heavy atom. The van der Waals surface area contributed by atoms with Gasteiger partial charge in [-0.2, -0.15) is 0 Å². The van der Waals surface area contributed by atoms with Crippen LogP contribution in [0.15, 0.2) is 24.3 Å². The smallest absolute Gasteiger partial charge is 0.122 e. The topological polar surface area (TPSA) is 21.3 Å². The number of ether oxygens (including phenoxy) is 1. The maximum Gasteiger partial charge on any atom is 0.122 e. The summed E-state index contributed by atoms with van der Waals surface area (Å²) in [4.78, 5) is 0. The zero-order chi connectivity index (χ0) is 12.4. The lowest BCUT2D eigenvalue weighted by Crippen LogP contribution is -2.36. The van der Waals surface area contributed by atoms with Crippen molar-refractivity contribution in [2.75, 3.05) is 13.2 Å². The predicted molar refractivity (Wildman–Crippen MR) is 74.1 cm³/mol. The normalized spacial score (nSPS) is 30.8. The first kappa shape index (κ1) is 12.0. The zero-order valence-electron chi connectivity index (χ0n) is 11.2. The summed E-state index contributed by atoms with van der Waals surface area (Å²) in [6.07, 6.45) is 5.49. The van der Waals surface area contributed by atoms with E-state index in [0.29, 0.717) is 5.92 Å². The Hall–Kier alpha value is -1.02. The molecule has 1 aliphatic heterocycles. The summed E-state index contributed by atoms with van der Waals surface area (Å²) in [6, 6.07) is 9.18. The first-order chi connectivity index (χ1) is 8.83. The van der Waals surface area contributed by atoms with Crippen molar-refractivity contribution in [3.8, 4) is 5.75 Å². The van der Waals surface area contributed by atoms with Gasteiger partial charge < -0.3 is 10.1 Å². The average molecular weight is 245 g/mol. The van der Waals surface area contributed by atoms with Crippen molar-refractivity contribution in [3.05, 3.63) is 29.8 Å². The maximum atomic E-state index is 5.73. The van der Waals surface area contributed by atoms with Crippen LogP contribution in [0.3, 0.4) is 0 Å². The fraction of sp³-hybridized carbons (Fsp3) is 0.625. The van der Waals surface area contributed by atoms with Crippen molar-refractivity contribution in [1.82, 2.24) is 5.32 Å². The highest BCUT2D eigenvalue weighted by molar-refractivity contribution is 5.39. The van der Waals surface area contributed by atoms with Gasteiger partial charge in [0.05, 0.1) is 6.61 Å². The number of benzene rings is 1. The molecule has 2 heteroatoms. The molecule has 0 spiro atoms. The Kier molecular flexibility index (Phi) is 3.55. The minimum atomic E-state index is 0.540. The number of fused-ring (bicyclic) bond motifs is 1. The van der Waals surface area contributed by atoms with Crippen LogP contribution in [0, 0.1) is 5.92 Å². The van der Waals surface area contributed by atoms with Crippen LogP contribution >= 0.6 is 0 Å². The first-order valence-corrected chi connectivity index (χ1v) is 7.28. The monoisotopic (exact) mass is 245 g/mol. The number of nitrogens with one attached hydrogen (secondary N) is 1. The van der Waals surface area contributed by atoms with Crippen LogP contribution in [0.25, 0.3) is 0 Å². The molecule has 1 saturated carbocycles. The first-order valence-electron chi connectivity index (χ1n) is 7.28. The second-order valence-corrected chi connectivity index (χ2v) is 5.92. The molecular weight excluding hydrogens is 222 g/mol. The van der Waals surface area contributed by atoms with Crippen molar-refractivity contribution in [2.24, 2.45) is 5.92 Å². The van der Waals surface area contributed by atoms with Gasteiger partial charge in [-0.3, -0.25) is 0 Å². The molecule has 0 radical (unpaired) electrons. The predicted octanol–water partition coefficient (Wildman–Crippen LogP) is 3.33. The third-order valence-electron chi connectivity index (χ3n) is 4.39. The largest absolute Gasteiger partial charge is 0.493 e. The molecule has 0 amide bonds. The molecule has 98 valence electrons. The van der Waals surface area contributed by atoms with Crippen LogP contribution < -0.4 is 10.1 Å². The second kappa shape index (κ2) is 5.31. The van der Waals surface area contributed by atoms with E-state index in [-0.39, 0.29) is 0 Å². The summed E-state index contributed by atoms with van der Waals surface area (Å²) in [5.41, 5.74) is 1.38. The van der Waals surface area contributed by atoms with Gasteiger partial charge in [-0.1, -0.05) is 38.0 Å². The van der Waals surface area contributed by atoms with Crippen LogP contribution in [-0.4, -0.2) is 19.2 Å². The van der Waals surface area contributed by atoms with Crippen molar-refractivity contribution in [2.45, 2.75) is 44.6 Å². The molecule has 1 heterocycles. The van der Waals surface area contributed by atoms with E-state index in [0.717, 1.165) is 30.9 Å². The summed E-state index contributed by atoms with van der Waals surface area (Å²) >= 11 is 0. The fourth-order valence-corrected chi connectivity index (χ4v) is 3.33. The molecule has 3 unspecified atom stereocenters. The Morgan fingerprint density at radius 1 is 1.28 bits per heavy atom. The van der Waals surface area contributed by atoms with Crippen molar-refractivity contribution in [3.63, 3.8) is 0 Å². The molecule has 1 aromatic carbocycles. The van der Waals surface area contributed by atoms with Crippen molar-refractivity contribution >= 4 is 0 Å². The molecule has 2 aliphatic rings. The number of hydrogen-bond acceptors (Lipinski definition) is 2. The van der Waals surface area contributed by atoms with Gasteiger partial charge in [-0.15, -0.1) is 0 Å². The minimum absolute atomic E-state index is 0.540. The van der Waals surface area contributed by atoms with Crippen molar-refractivity contribution < 1.29 is 4.74 Å². The Labute approximate surface area is 110 Å². The van der Waals surface area contributed by atoms with Gasteiger partial charge in [-0.25, -0.2) is 0 Å². The average Bonchev–Trinajstić information content (AvgIpc) is 2.80. The van der Waals surface area contributed by atoms with Crippen LogP contribution in [0.2, 0.25) is 0 Å². The molecule has 0 bridgehead atoms. The molecular formula is C16H23NO. The van der Waals surface area contributed by atoms with E-state index in [4.69, 9.17) is 4.74 Å². The third kappa shape index (κ3) is 2.54. The van der Waals surface area contributed by atoms with E-state index < -0.39 is 0 Å². The molecule has 1 N–H and O–H groups in total. The van der Waals surface area contributed by atoms with Gasteiger partial charge in [0, 0.05) is 24.1 Å². The van der Waals surface area contributed by atoms with E-state index >= 15 is 0 Å². The SMILES string of the molecule is CC1CCCC(NCC2COc3ccccc32)C1. The van der Waals surface area contributed by atoms with E-state index in [2.05, 4.69) is 36.5 Å². The van der Waals surface area contributed by atoms with E-state index in [1.165, 1.54) is 31.2 Å². The number of hydrogen-bond donors (Lipinski definition) is 1. The highest BCUT2D eigenvalue weighted by atomic mass is 16.5. The molecule has 3 rings (SSSR count). The molecule has 0 saturated heterocycles. The van der Waals surface area contributed by atoms with Crippen LogP contribution in [0.4, 0.5) is 0 Å². The summed E-state index contributed by atoms with van der Waals surface area (Å²) in [6.45, 7) is 4.28. The Balaban J connectivity index is 1.55. The third-order valence-corrected chi connectivity index (χ3v) is 4.39. The van der Waals surface area contributed by atoms with E-state index in [1.54, 1.807) is 0 Å². The number of para-hydroxylation sites is 1. The summed E-state index contributed by atoms with van der Waals surface area (Å²) in [7, 11) is 0. The van der Waals surface area contributed by atoms with Gasteiger partial charge in [0.15, 0.2) is 0 Å². The van der Waals surface area contributed by atoms with Crippen molar-refractivity contribution in [1.29, 1.82) is 0 Å². The van der Waals surface area contributed by atoms with E-state index in [1.807, 2.05) is 0 Å². The van der Waals surface area contributed by atoms with Gasteiger partial charge in [-0.05, 0) is 24.8 Å². The maximum absolute atomic E-state index is 5.73. The molecule has 1 aromatic rings. The Morgan fingerprint density at radius 3 is 3.06 bits per heavy atom. The highest BCUT2D eigenvalue weighted by Crippen LogP contribution is 2.33. The van der Waals surface area contributed by atoms with E-state index in [9.17, 15) is 0 Å². The lowest BCUT2D eigenvalue weighted by molar-refractivity contribution is 0.282. The molecule has 2 nitrogen and oxygen atoms in total. The molecule has 1 fully saturated rings. The standard InChI is InChI=1S/C16H23NO/c1-12-5-4-6-14(9-12)17-10-13-11-18-16-8-3-2-7-15(13)16/h2-3,7-8,12-14,17H,4-6,9-11H2,1H3. The fourth-order valence-electron chi connectivity index (χ4n) is 3.33. The quantitative estimate of drug-likeness (QED) is 0.882. The van der Waals surface area contributed by atoms with Crippen LogP contribution in [0.1, 0.15) is 44.1 Å². The van der Waals surface area contributed by atoms with Gasteiger partial charge in [0.1, 0.15) is 5.75 Å². The molecule has 1 aliphatic carbocycles. The highest BCUT2D eigenvalue weighted by Gasteiger charge is 2.25. The van der Waals surface area contributed by atoms with Gasteiger partial charge in [0.2, 0.25) is 0 Å². The lowest BCUT2D eigenvalue weighted by atomic mass is 9.87. The van der Waals surface area contributed by atoms with Crippen LogP contribution in [0.5, 0.6) is 5.75 Å². The Bertz CT molecular complexity index is 404. The zero-order valence-corrected chi connectivity index (χ0v) is 11.2. The summed E-state index contributed by atoms with van der Waals surface area (Å²) in [5.74, 6) is 2.52. The second-order valence-electron chi connectivity index (χ2n) is 5.92. The molecule has 18 heavy (non-hydrogen) atoms. The minimum Gasteiger partial charge on any atom is -0.493 e. The summed E-state index contributed by atoms with van der Waals surface area (Å²) < 4.78 is 5.73. The lowest BCUT2D eigenvalue weighted by Gasteiger charge is -2.28.